The van der Waals surface area contributed by atoms with Crippen LogP contribution in [-0.2, 0) is 0 Å². The van der Waals surface area contributed by atoms with Gasteiger partial charge in [0.25, 0.3) is 0 Å². The maximum absolute atomic E-state index is 6.28. The van der Waals surface area contributed by atoms with Crippen LogP contribution in [0, 0.1) is 18.8 Å². The Morgan fingerprint density at radius 3 is 2.96 bits per heavy atom. The molecule has 0 aliphatic heterocycles. The van der Waals surface area contributed by atoms with Gasteiger partial charge < -0.3 is 10.7 Å². The number of aryl methyl sites for hydroxylation is 1. The highest BCUT2D eigenvalue weighted by Gasteiger charge is 2.08. The molecule has 6 nitrogen and oxygen atoms in total. The molecule has 0 bridgehead atoms. The lowest BCUT2D eigenvalue weighted by atomic mass is 10.2. The van der Waals surface area contributed by atoms with Gasteiger partial charge in [0.15, 0.2) is 0 Å². The molecule has 3 heterocycles. The molecule has 4 N–H and O–H groups in total. The van der Waals surface area contributed by atoms with Gasteiger partial charge in [0.05, 0.1) is 27.0 Å². The predicted octanol–water partition coefficient (Wildman–Crippen LogP) is 2.78. The lowest BCUT2D eigenvalue weighted by Crippen LogP contribution is -1.90. The summed E-state index contributed by atoms with van der Waals surface area (Å²) in [4.78, 5) is 11.6. The number of nitrogen functional groups attached to an aromatic ring is 1. The fraction of sp³-hybridized carbons (Fsp3) is 0.0625. The summed E-state index contributed by atoms with van der Waals surface area (Å²) >= 11 is 6.28. The topological polar surface area (TPSA) is 96.3 Å². The van der Waals surface area contributed by atoms with Gasteiger partial charge in [0, 0.05) is 11.8 Å². The van der Waals surface area contributed by atoms with E-state index >= 15 is 0 Å². The number of anilines is 1. The van der Waals surface area contributed by atoms with Gasteiger partial charge in [0.1, 0.15) is 17.3 Å². The monoisotopic (exact) mass is 322 g/mol. The van der Waals surface area contributed by atoms with Gasteiger partial charge in [-0.2, -0.15) is 5.10 Å². The number of nitrogens with one attached hydrogen (secondary N) is 2. The zero-order valence-electron chi connectivity index (χ0n) is 12.1. The zero-order chi connectivity index (χ0) is 16.0. The predicted molar refractivity (Wildman–Crippen MR) is 90.1 cm³/mol. The highest BCUT2D eigenvalue weighted by molar-refractivity contribution is 6.32. The molecule has 0 unspecified atom stereocenters. The first kappa shape index (κ1) is 13.6. The van der Waals surface area contributed by atoms with Gasteiger partial charge >= 0.3 is 0 Å². The Balaban J connectivity index is 1.84. The van der Waals surface area contributed by atoms with Crippen LogP contribution in [0.3, 0.4) is 0 Å². The Labute approximate surface area is 136 Å². The second-order valence-corrected chi connectivity index (χ2v) is 5.52. The molecular formula is C16H11ClN6. The number of imidazole rings is 1. The van der Waals surface area contributed by atoms with E-state index in [1.807, 2.05) is 13.0 Å². The van der Waals surface area contributed by atoms with Crippen molar-refractivity contribution in [3.63, 3.8) is 0 Å². The van der Waals surface area contributed by atoms with E-state index in [0.29, 0.717) is 22.1 Å². The van der Waals surface area contributed by atoms with E-state index < -0.39 is 0 Å². The number of aromatic nitrogens is 5. The molecule has 0 aliphatic rings. The van der Waals surface area contributed by atoms with Crippen LogP contribution in [0.4, 0.5) is 5.82 Å². The SMILES string of the molecule is Cc1nc2cc(Cl)c(C#Cc3[nH]nc4ccnc(N)c34)cc2[nH]1. The molecule has 0 radical (unpaired) electrons. The molecule has 7 heteroatoms. The number of halogens is 1. The number of benzene rings is 1. The summed E-state index contributed by atoms with van der Waals surface area (Å²) in [5, 5.41) is 8.31. The highest BCUT2D eigenvalue weighted by atomic mass is 35.5. The maximum atomic E-state index is 6.28. The minimum absolute atomic E-state index is 0.395. The van der Waals surface area contributed by atoms with Crippen LogP contribution < -0.4 is 5.73 Å². The van der Waals surface area contributed by atoms with Crippen LogP contribution in [0.5, 0.6) is 0 Å². The third-order valence-corrected chi connectivity index (χ3v) is 3.82. The van der Waals surface area contributed by atoms with E-state index in [1.54, 1.807) is 18.3 Å². The minimum atomic E-state index is 0.395. The number of fused-ring (bicyclic) bond motifs is 2. The summed E-state index contributed by atoms with van der Waals surface area (Å²) in [5.41, 5.74) is 9.66. The molecule has 23 heavy (non-hydrogen) atoms. The van der Waals surface area contributed by atoms with Crippen molar-refractivity contribution in [2.24, 2.45) is 0 Å². The Hall–Kier alpha value is -3.04. The molecule has 4 aromatic rings. The summed E-state index contributed by atoms with van der Waals surface area (Å²) in [5.74, 6) is 7.31. The number of hydrogen-bond acceptors (Lipinski definition) is 4. The zero-order valence-corrected chi connectivity index (χ0v) is 12.9. The molecule has 0 spiro atoms. The Kier molecular flexibility index (Phi) is 2.96. The largest absolute Gasteiger partial charge is 0.383 e. The van der Waals surface area contributed by atoms with E-state index in [1.165, 1.54) is 0 Å². The van der Waals surface area contributed by atoms with Gasteiger partial charge in [-0.1, -0.05) is 17.5 Å². The van der Waals surface area contributed by atoms with Gasteiger partial charge in [-0.3, -0.25) is 5.10 Å². The molecule has 0 atom stereocenters. The second kappa shape index (κ2) is 5.00. The normalized spacial score (nSPS) is 10.9. The van der Waals surface area contributed by atoms with Crippen LogP contribution in [0.25, 0.3) is 21.9 Å². The van der Waals surface area contributed by atoms with Crippen LogP contribution >= 0.6 is 11.6 Å². The van der Waals surface area contributed by atoms with E-state index in [4.69, 9.17) is 17.3 Å². The van der Waals surface area contributed by atoms with Crippen molar-refractivity contribution >= 4 is 39.4 Å². The summed E-state index contributed by atoms with van der Waals surface area (Å²) < 4.78 is 0. The average molecular weight is 323 g/mol. The van der Waals surface area contributed by atoms with Crippen molar-refractivity contribution in [2.75, 3.05) is 5.73 Å². The van der Waals surface area contributed by atoms with Crippen molar-refractivity contribution in [1.82, 2.24) is 25.1 Å². The molecule has 4 rings (SSSR count). The second-order valence-electron chi connectivity index (χ2n) is 5.11. The van der Waals surface area contributed by atoms with Crippen molar-refractivity contribution in [2.45, 2.75) is 6.92 Å². The first-order valence-electron chi connectivity index (χ1n) is 6.88. The number of nitrogens with zero attached hydrogens (tertiary/aromatic N) is 3. The third kappa shape index (κ3) is 2.28. The van der Waals surface area contributed by atoms with Gasteiger partial charge in [-0.25, -0.2) is 9.97 Å². The number of nitrogens with two attached hydrogens (primary N) is 1. The number of hydrogen-bond donors (Lipinski definition) is 3. The summed E-state index contributed by atoms with van der Waals surface area (Å²) in [7, 11) is 0. The lowest BCUT2D eigenvalue weighted by molar-refractivity contribution is 1.10. The molecule has 0 amide bonds. The van der Waals surface area contributed by atoms with Crippen molar-refractivity contribution < 1.29 is 0 Å². The summed E-state index contributed by atoms with van der Waals surface area (Å²) in [6, 6.07) is 5.45. The van der Waals surface area contributed by atoms with Gasteiger partial charge in [-0.15, -0.1) is 0 Å². The Morgan fingerprint density at radius 1 is 1.22 bits per heavy atom. The number of pyridine rings is 1. The van der Waals surface area contributed by atoms with Crippen LogP contribution in [0.1, 0.15) is 17.1 Å². The van der Waals surface area contributed by atoms with Crippen LogP contribution in [-0.4, -0.2) is 25.1 Å². The number of H-pyrrole nitrogens is 2. The molecule has 1 aromatic carbocycles. The summed E-state index contributed by atoms with van der Waals surface area (Å²) in [6.45, 7) is 1.89. The highest BCUT2D eigenvalue weighted by Crippen LogP contribution is 2.23. The van der Waals surface area contributed by atoms with Gasteiger partial charge in [0.2, 0.25) is 0 Å². The summed E-state index contributed by atoms with van der Waals surface area (Å²) in [6.07, 6.45) is 1.61. The minimum Gasteiger partial charge on any atom is -0.383 e. The maximum Gasteiger partial charge on any atom is 0.135 e. The smallest absolute Gasteiger partial charge is 0.135 e. The standard InChI is InChI=1S/C16H11ClN6/c1-8-20-13-6-9(10(17)7-14(13)21-8)2-3-11-15-12(23-22-11)4-5-19-16(15)18/h4-7H,1H3,(H2,18,19)(H,20,21)(H,22,23). The third-order valence-electron chi connectivity index (χ3n) is 3.51. The van der Waals surface area contributed by atoms with Crippen molar-refractivity contribution in [3.05, 3.63) is 46.5 Å². The molecule has 0 saturated heterocycles. The molecule has 3 aromatic heterocycles. The first-order valence-corrected chi connectivity index (χ1v) is 7.26. The first-order chi connectivity index (χ1) is 11.1. The van der Waals surface area contributed by atoms with E-state index in [2.05, 4.69) is 37.0 Å². The molecular weight excluding hydrogens is 312 g/mol. The Bertz CT molecular complexity index is 1110. The van der Waals surface area contributed by atoms with E-state index in [9.17, 15) is 0 Å². The molecule has 0 fully saturated rings. The molecule has 0 saturated carbocycles. The quantitative estimate of drug-likeness (QED) is 0.434. The van der Waals surface area contributed by atoms with E-state index in [-0.39, 0.29) is 0 Å². The molecule has 0 aliphatic carbocycles. The number of rotatable bonds is 0. The molecule has 112 valence electrons. The van der Waals surface area contributed by atoms with Crippen LogP contribution in [0.2, 0.25) is 5.02 Å². The van der Waals surface area contributed by atoms with Gasteiger partial charge in [-0.05, 0) is 31.0 Å². The van der Waals surface area contributed by atoms with E-state index in [0.717, 1.165) is 27.8 Å². The Morgan fingerprint density at radius 2 is 2.09 bits per heavy atom. The lowest BCUT2D eigenvalue weighted by Gasteiger charge is -1.96. The number of aromatic amines is 2. The fourth-order valence-electron chi connectivity index (χ4n) is 2.46. The van der Waals surface area contributed by atoms with Crippen molar-refractivity contribution in [3.8, 4) is 11.8 Å². The fourth-order valence-corrected chi connectivity index (χ4v) is 2.67. The van der Waals surface area contributed by atoms with Crippen LogP contribution in [0.15, 0.2) is 24.4 Å². The average Bonchev–Trinajstić information content (AvgIpc) is 3.08. The van der Waals surface area contributed by atoms with Crippen molar-refractivity contribution in [1.29, 1.82) is 0 Å².